The van der Waals surface area contributed by atoms with Crippen molar-refractivity contribution in [2.24, 2.45) is 5.92 Å². The number of ether oxygens (including phenoxy) is 1. The molecule has 2 rings (SSSR count). The predicted molar refractivity (Wildman–Crippen MR) is 80.6 cm³/mol. The number of methoxy groups -OCH3 is 1. The van der Waals surface area contributed by atoms with E-state index < -0.39 is 0 Å². The number of nitriles is 1. The van der Waals surface area contributed by atoms with Crippen LogP contribution >= 0.6 is 0 Å². The second kappa shape index (κ2) is 7.91. The Bertz CT molecular complexity index is 459. The minimum atomic E-state index is 0.690. The Hall–Kier alpha value is -1.53. The normalized spacial score (nSPS) is 15.8. The molecule has 1 aromatic carbocycles. The van der Waals surface area contributed by atoms with E-state index in [0.717, 1.165) is 30.3 Å². The minimum absolute atomic E-state index is 0.690. The molecule has 0 amide bonds. The van der Waals surface area contributed by atoms with Crippen LogP contribution in [0.3, 0.4) is 0 Å². The third-order valence-corrected chi connectivity index (χ3v) is 4.18. The maximum atomic E-state index is 8.96. The predicted octanol–water partition coefficient (Wildman–Crippen LogP) is 3.63. The molecule has 0 unspecified atom stereocenters. The van der Waals surface area contributed by atoms with E-state index in [4.69, 9.17) is 10.00 Å². The van der Waals surface area contributed by atoms with Crippen LogP contribution in [-0.4, -0.2) is 13.7 Å². The molecule has 108 valence electrons. The van der Waals surface area contributed by atoms with Crippen molar-refractivity contribution in [3.05, 3.63) is 29.3 Å². The number of nitrogens with one attached hydrogen (secondary N) is 1. The molecule has 1 fully saturated rings. The maximum Gasteiger partial charge on any atom is 0.123 e. The van der Waals surface area contributed by atoms with Gasteiger partial charge in [0.25, 0.3) is 0 Å². The minimum Gasteiger partial charge on any atom is -0.496 e. The summed E-state index contributed by atoms with van der Waals surface area (Å²) in [6.07, 6.45) is 8.29. The highest BCUT2D eigenvalue weighted by atomic mass is 16.5. The van der Waals surface area contributed by atoms with Crippen LogP contribution in [0, 0.1) is 17.2 Å². The summed E-state index contributed by atoms with van der Waals surface area (Å²) >= 11 is 0. The molecule has 0 aromatic heterocycles. The van der Waals surface area contributed by atoms with Gasteiger partial charge in [0.1, 0.15) is 5.75 Å². The largest absolute Gasteiger partial charge is 0.496 e. The van der Waals surface area contributed by atoms with Crippen LogP contribution in [0.5, 0.6) is 5.75 Å². The van der Waals surface area contributed by atoms with Gasteiger partial charge in [-0.1, -0.05) is 32.1 Å². The lowest BCUT2D eigenvalue weighted by molar-refractivity contribution is 0.333. The summed E-state index contributed by atoms with van der Waals surface area (Å²) in [4.78, 5) is 0. The van der Waals surface area contributed by atoms with E-state index in [1.807, 2.05) is 12.1 Å². The van der Waals surface area contributed by atoms with Crippen molar-refractivity contribution < 1.29 is 4.74 Å². The zero-order valence-corrected chi connectivity index (χ0v) is 12.3. The average molecular weight is 272 g/mol. The van der Waals surface area contributed by atoms with Crippen molar-refractivity contribution in [2.75, 3.05) is 13.7 Å². The Balaban J connectivity index is 1.79. The van der Waals surface area contributed by atoms with Gasteiger partial charge in [0, 0.05) is 12.1 Å². The molecule has 0 heterocycles. The highest BCUT2D eigenvalue weighted by molar-refractivity contribution is 5.41. The van der Waals surface area contributed by atoms with E-state index in [-0.39, 0.29) is 0 Å². The summed E-state index contributed by atoms with van der Waals surface area (Å²) in [5.74, 6) is 1.76. The Morgan fingerprint density at radius 1 is 1.30 bits per heavy atom. The number of hydrogen-bond donors (Lipinski definition) is 1. The summed E-state index contributed by atoms with van der Waals surface area (Å²) in [6.45, 7) is 1.82. The number of nitrogens with zero attached hydrogens (tertiary/aromatic N) is 1. The van der Waals surface area contributed by atoms with Crippen LogP contribution in [-0.2, 0) is 6.54 Å². The zero-order valence-electron chi connectivity index (χ0n) is 12.3. The molecule has 3 heteroatoms. The first kappa shape index (κ1) is 14.9. The van der Waals surface area contributed by atoms with Gasteiger partial charge < -0.3 is 10.1 Å². The van der Waals surface area contributed by atoms with Crippen LogP contribution in [0.1, 0.15) is 49.7 Å². The van der Waals surface area contributed by atoms with Gasteiger partial charge in [0.2, 0.25) is 0 Å². The maximum absolute atomic E-state index is 8.96. The molecule has 20 heavy (non-hydrogen) atoms. The van der Waals surface area contributed by atoms with Crippen LogP contribution < -0.4 is 10.1 Å². The number of hydrogen-bond acceptors (Lipinski definition) is 3. The van der Waals surface area contributed by atoms with Crippen molar-refractivity contribution >= 4 is 0 Å². The van der Waals surface area contributed by atoms with Crippen LogP contribution in [0.2, 0.25) is 0 Å². The first-order chi connectivity index (χ1) is 9.83. The van der Waals surface area contributed by atoms with E-state index in [1.165, 1.54) is 38.5 Å². The number of rotatable bonds is 6. The fourth-order valence-electron chi connectivity index (χ4n) is 2.99. The van der Waals surface area contributed by atoms with Crippen molar-refractivity contribution in [1.29, 1.82) is 5.26 Å². The topological polar surface area (TPSA) is 45.0 Å². The monoisotopic (exact) mass is 272 g/mol. The van der Waals surface area contributed by atoms with Gasteiger partial charge in [-0.25, -0.2) is 0 Å². The van der Waals surface area contributed by atoms with Gasteiger partial charge in [-0.2, -0.15) is 5.26 Å². The van der Waals surface area contributed by atoms with Crippen molar-refractivity contribution in [1.82, 2.24) is 5.32 Å². The zero-order chi connectivity index (χ0) is 14.2. The molecule has 0 spiro atoms. The van der Waals surface area contributed by atoms with E-state index >= 15 is 0 Å². The molecule has 1 saturated carbocycles. The van der Waals surface area contributed by atoms with Crippen molar-refractivity contribution in [2.45, 2.75) is 45.1 Å². The number of benzene rings is 1. The SMILES string of the molecule is COc1ccc(C#N)cc1CNCCC1CCCCC1. The molecule has 0 saturated heterocycles. The van der Waals surface area contributed by atoms with Crippen molar-refractivity contribution in [3.8, 4) is 11.8 Å². The van der Waals surface area contributed by atoms with Gasteiger partial charge in [-0.15, -0.1) is 0 Å². The summed E-state index contributed by atoms with van der Waals surface area (Å²) in [7, 11) is 1.67. The molecular formula is C17H24N2O. The van der Waals surface area contributed by atoms with Gasteiger partial charge in [0.15, 0.2) is 0 Å². The lowest BCUT2D eigenvalue weighted by atomic mass is 9.87. The lowest BCUT2D eigenvalue weighted by Crippen LogP contribution is -2.19. The molecular weight excluding hydrogens is 248 g/mol. The summed E-state index contributed by atoms with van der Waals surface area (Å²) in [5, 5.41) is 12.4. The third-order valence-electron chi connectivity index (χ3n) is 4.18. The molecule has 0 radical (unpaired) electrons. The fraction of sp³-hybridized carbons (Fsp3) is 0.588. The molecule has 0 bridgehead atoms. The Labute approximate surface area is 121 Å². The van der Waals surface area contributed by atoms with E-state index in [0.29, 0.717) is 5.56 Å². The highest BCUT2D eigenvalue weighted by Crippen LogP contribution is 2.26. The molecule has 3 nitrogen and oxygen atoms in total. The van der Waals surface area contributed by atoms with Crippen molar-refractivity contribution in [3.63, 3.8) is 0 Å². The fourth-order valence-corrected chi connectivity index (χ4v) is 2.99. The first-order valence-electron chi connectivity index (χ1n) is 7.61. The second-order valence-corrected chi connectivity index (χ2v) is 5.61. The third kappa shape index (κ3) is 4.25. The van der Waals surface area contributed by atoms with Gasteiger partial charge >= 0.3 is 0 Å². The van der Waals surface area contributed by atoms with Gasteiger partial charge in [0.05, 0.1) is 18.7 Å². The smallest absolute Gasteiger partial charge is 0.123 e. The van der Waals surface area contributed by atoms with E-state index in [2.05, 4.69) is 11.4 Å². The molecule has 1 aliphatic rings. The Morgan fingerprint density at radius 2 is 2.10 bits per heavy atom. The Morgan fingerprint density at radius 3 is 2.80 bits per heavy atom. The molecule has 1 N–H and O–H groups in total. The Kier molecular flexibility index (Phi) is 5.88. The molecule has 0 aliphatic heterocycles. The summed E-state index contributed by atoms with van der Waals surface area (Å²) in [5.41, 5.74) is 1.75. The van der Waals surface area contributed by atoms with Crippen LogP contribution in [0.25, 0.3) is 0 Å². The first-order valence-corrected chi connectivity index (χ1v) is 7.61. The lowest BCUT2D eigenvalue weighted by Gasteiger charge is -2.21. The van der Waals surface area contributed by atoms with E-state index in [9.17, 15) is 0 Å². The summed E-state index contributed by atoms with van der Waals surface area (Å²) in [6, 6.07) is 7.75. The van der Waals surface area contributed by atoms with Crippen LogP contribution in [0.4, 0.5) is 0 Å². The van der Waals surface area contributed by atoms with E-state index in [1.54, 1.807) is 13.2 Å². The molecule has 0 atom stereocenters. The average Bonchev–Trinajstić information content (AvgIpc) is 2.52. The summed E-state index contributed by atoms with van der Waals surface area (Å²) < 4.78 is 5.34. The second-order valence-electron chi connectivity index (χ2n) is 5.61. The quantitative estimate of drug-likeness (QED) is 0.804. The highest BCUT2D eigenvalue weighted by Gasteiger charge is 2.12. The molecule has 1 aliphatic carbocycles. The van der Waals surface area contributed by atoms with Gasteiger partial charge in [-0.05, 0) is 37.1 Å². The van der Waals surface area contributed by atoms with Gasteiger partial charge in [-0.3, -0.25) is 0 Å². The van der Waals surface area contributed by atoms with Crippen LogP contribution in [0.15, 0.2) is 18.2 Å². The standard InChI is InChI=1S/C17H24N2O/c1-20-17-8-7-15(12-18)11-16(17)13-19-10-9-14-5-3-2-4-6-14/h7-8,11,14,19H,2-6,9-10,13H2,1H3. The molecule has 1 aromatic rings.